The third-order valence-corrected chi connectivity index (χ3v) is 18.3. The van der Waals surface area contributed by atoms with E-state index in [4.69, 9.17) is 0 Å². The predicted octanol–water partition coefficient (Wildman–Crippen LogP) is 12.4. The van der Waals surface area contributed by atoms with Crippen LogP contribution >= 0.6 is 0 Å². The minimum atomic E-state index is -2.84. The van der Waals surface area contributed by atoms with Crippen LogP contribution in [0.3, 0.4) is 0 Å². The Morgan fingerprint density at radius 3 is 1.02 bits per heavy atom. The molecule has 0 N–H and O–H groups in total. The number of aromatic nitrogens is 3. The highest BCUT2D eigenvalue weighted by Crippen LogP contribution is 2.39. The van der Waals surface area contributed by atoms with Crippen LogP contribution in [0.5, 0.6) is 0 Å². The van der Waals surface area contributed by atoms with Crippen molar-refractivity contribution in [3.05, 3.63) is 249 Å². The van der Waals surface area contributed by atoms with Crippen molar-refractivity contribution in [3.63, 3.8) is 0 Å². The van der Waals surface area contributed by atoms with Gasteiger partial charge in [-0.25, -0.2) is 0 Å². The molecule has 0 amide bonds. The summed E-state index contributed by atoms with van der Waals surface area (Å²) in [6.45, 7) is 0. The van der Waals surface area contributed by atoms with Crippen molar-refractivity contribution in [1.29, 1.82) is 0 Å². The molecule has 0 saturated carbocycles. The molecule has 13 rings (SSSR count). The van der Waals surface area contributed by atoms with Gasteiger partial charge in [0.05, 0.1) is 33.1 Å². The van der Waals surface area contributed by atoms with E-state index in [1.54, 1.807) is 0 Å². The van der Waals surface area contributed by atoms with Crippen molar-refractivity contribution >= 4 is 94.2 Å². The molecule has 0 atom stereocenters. The predicted molar refractivity (Wildman–Crippen MR) is 273 cm³/mol. The fourth-order valence-corrected chi connectivity index (χ4v) is 15.6. The molecule has 64 heavy (non-hydrogen) atoms. The molecule has 0 aliphatic rings. The molecule has 0 fully saturated rings. The molecule has 0 radical (unpaired) electrons. The van der Waals surface area contributed by atoms with Gasteiger partial charge in [-0.1, -0.05) is 176 Å². The summed E-state index contributed by atoms with van der Waals surface area (Å²) >= 11 is 0. The Hall–Kier alpha value is -8.18. The second-order valence-corrected chi connectivity index (χ2v) is 20.7. The second kappa shape index (κ2) is 14.5. The number of para-hydroxylation sites is 4. The van der Waals surface area contributed by atoms with Gasteiger partial charge in [0.2, 0.25) is 0 Å². The van der Waals surface area contributed by atoms with Gasteiger partial charge in [0, 0.05) is 49.4 Å². The number of nitrogens with zero attached hydrogens (tertiary/aromatic N) is 3. The molecule has 0 aliphatic carbocycles. The summed E-state index contributed by atoms with van der Waals surface area (Å²) in [6, 6.07) is 92.4. The Bertz CT molecular complexity index is 3730. The van der Waals surface area contributed by atoms with E-state index in [0.717, 1.165) is 17.1 Å². The molecule has 0 spiro atoms. The standard InChI is InChI=1S/C60H41N3Si/c1-5-19-42(20-6-1)61-57-32-18-15-29-51(57)53-40-44(34-37-58(53)61)63-59-38-33-43(62-55-30-16-13-27-49(55)50-28-14-17-31-56(50)62)39-54(59)52-36-35-48(41-60(52)63)64(45-21-7-2-8-22-45,46-23-9-3-10-24-46)47-25-11-4-12-26-47/h1-41H. The minimum absolute atomic E-state index is 1.14. The lowest BCUT2D eigenvalue weighted by Crippen LogP contribution is -2.74. The molecule has 0 unspecified atom stereocenters. The van der Waals surface area contributed by atoms with Gasteiger partial charge in [-0.2, -0.15) is 0 Å². The first-order chi connectivity index (χ1) is 31.8. The van der Waals surface area contributed by atoms with Crippen LogP contribution in [0.25, 0.3) is 82.5 Å². The summed E-state index contributed by atoms with van der Waals surface area (Å²) in [5.41, 5.74) is 10.6. The Balaban J connectivity index is 1.14. The average Bonchev–Trinajstić information content (AvgIpc) is 4.00. The maximum atomic E-state index is 2.53. The van der Waals surface area contributed by atoms with E-state index in [9.17, 15) is 0 Å². The number of rotatable bonds is 7. The highest BCUT2D eigenvalue weighted by molar-refractivity contribution is 7.20. The van der Waals surface area contributed by atoms with Crippen molar-refractivity contribution < 1.29 is 0 Å². The topological polar surface area (TPSA) is 14.8 Å². The van der Waals surface area contributed by atoms with Crippen LogP contribution < -0.4 is 20.7 Å². The Labute approximate surface area is 372 Å². The highest BCUT2D eigenvalue weighted by atomic mass is 28.3. The van der Waals surface area contributed by atoms with Crippen LogP contribution in [0.1, 0.15) is 0 Å². The van der Waals surface area contributed by atoms with E-state index in [0.29, 0.717) is 0 Å². The summed E-state index contributed by atoms with van der Waals surface area (Å²) in [5, 5.41) is 12.9. The van der Waals surface area contributed by atoms with Gasteiger partial charge in [0.1, 0.15) is 0 Å². The van der Waals surface area contributed by atoms with Crippen LogP contribution in [-0.2, 0) is 0 Å². The molecular weight excluding hydrogens is 791 g/mol. The van der Waals surface area contributed by atoms with Crippen molar-refractivity contribution in [2.75, 3.05) is 0 Å². The van der Waals surface area contributed by atoms with E-state index in [1.165, 1.54) is 86.2 Å². The molecule has 300 valence electrons. The molecular formula is C60H41N3Si. The van der Waals surface area contributed by atoms with Crippen LogP contribution in [-0.4, -0.2) is 21.8 Å². The highest BCUT2D eigenvalue weighted by Gasteiger charge is 2.41. The SMILES string of the molecule is c1ccc(-n2c3ccccc3c3cc(-n4c5ccc(-n6c7ccccc7c7ccccc76)cc5c5ccc([Si](c6ccccc6)(c6ccccc6)c6ccccc6)cc54)ccc32)cc1. The van der Waals surface area contributed by atoms with Crippen LogP contribution in [0.4, 0.5) is 0 Å². The van der Waals surface area contributed by atoms with Gasteiger partial charge in [-0.3, -0.25) is 0 Å². The molecule has 10 aromatic carbocycles. The summed E-state index contributed by atoms with van der Waals surface area (Å²) in [6.07, 6.45) is 0. The van der Waals surface area contributed by atoms with E-state index in [-0.39, 0.29) is 0 Å². The number of benzene rings is 10. The summed E-state index contributed by atoms with van der Waals surface area (Å²) in [4.78, 5) is 0. The van der Waals surface area contributed by atoms with E-state index >= 15 is 0 Å². The quantitative estimate of drug-likeness (QED) is 0.112. The van der Waals surface area contributed by atoms with Gasteiger partial charge in [0.25, 0.3) is 0 Å². The molecule has 0 aliphatic heterocycles. The summed E-state index contributed by atoms with van der Waals surface area (Å²) in [7, 11) is -2.84. The third-order valence-electron chi connectivity index (χ3n) is 13.6. The molecule has 3 heterocycles. The summed E-state index contributed by atoms with van der Waals surface area (Å²) < 4.78 is 7.36. The van der Waals surface area contributed by atoms with Crippen molar-refractivity contribution in [3.8, 4) is 17.1 Å². The van der Waals surface area contributed by atoms with Gasteiger partial charge in [-0.05, 0) is 93.5 Å². The van der Waals surface area contributed by atoms with Gasteiger partial charge >= 0.3 is 0 Å². The van der Waals surface area contributed by atoms with Crippen molar-refractivity contribution in [2.45, 2.75) is 0 Å². The lowest BCUT2D eigenvalue weighted by molar-refractivity contribution is 1.16. The van der Waals surface area contributed by atoms with Gasteiger partial charge < -0.3 is 13.7 Å². The number of fused-ring (bicyclic) bond motifs is 9. The van der Waals surface area contributed by atoms with E-state index < -0.39 is 8.07 Å². The zero-order valence-corrected chi connectivity index (χ0v) is 36.0. The minimum Gasteiger partial charge on any atom is -0.309 e. The molecule has 0 bridgehead atoms. The largest absolute Gasteiger partial charge is 0.309 e. The average molecular weight is 832 g/mol. The first kappa shape index (κ1) is 36.5. The molecule has 3 aromatic heterocycles. The normalized spacial score (nSPS) is 12.1. The third kappa shape index (κ3) is 5.33. The second-order valence-electron chi connectivity index (χ2n) is 16.9. The number of hydrogen-bond acceptors (Lipinski definition) is 0. The Morgan fingerprint density at radius 1 is 0.203 bits per heavy atom. The lowest BCUT2D eigenvalue weighted by atomic mass is 10.1. The van der Waals surface area contributed by atoms with Crippen LogP contribution in [0.2, 0.25) is 0 Å². The van der Waals surface area contributed by atoms with Crippen molar-refractivity contribution in [1.82, 2.24) is 13.7 Å². The maximum absolute atomic E-state index is 2.84. The van der Waals surface area contributed by atoms with Gasteiger partial charge in [0.15, 0.2) is 8.07 Å². The molecule has 3 nitrogen and oxygen atoms in total. The number of hydrogen-bond donors (Lipinski definition) is 0. The fourth-order valence-electron chi connectivity index (χ4n) is 10.9. The van der Waals surface area contributed by atoms with E-state index in [1.807, 2.05) is 0 Å². The zero-order chi connectivity index (χ0) is 42.2. The summed E-state index contributed by atoms with van der Waals surface area (Å²) in [5.74, 6) is 0. The smallest absolute Gasteiger partial charge is 0.179 e. The van der Waals surface area contributed by atoms with Crippen LogP contribution in [0.15, 0.2) is 249 Å². The first-order valence-corrected chi connectivity index (χ1v) is 24.1. The Morgan fingerprint density at radius 2 is 0.547 bits per heavy atom. The fraction of sp³-hybridized carbons (Fsp3) is 0. The van der Waals surface area contributed by atoms with Crippen LogP contribution in [0, 0.1) is 0 Å². The zero-order valence-electron chi connectivity index (χ0n) is 35.0. The first-order valence-electron chi connectivity index (χ1n) is 22.1. The van der Waals surface area contributed by atoms with E-state index in [2.05, 4.69) is 262 Å². The van der Waals surface area contributed by atoms with Gasteiger partial charge in [-0.15, -0.1) is 0 Å². The monoisotopic (exact) mass is 831 g/mol. The maximum Gasteiger partial charge on any atom is 0.179 e. The lowest BCUT2D eigenvalue weighted by Gasteiger charge is -2.34. The molecule has 0 saturated heterocycles. The Kier molecular flexibility index (Phi) is 8.23. The molecule has 13 aromatic rings. The van der Waals surface area contributed by atoms with Crippen molar-refractivity contribution in [2.24, 2.45) is 0 Å². The molecule has 4 heteroatoms.